The topological polar surface area (TPSA) is 104 Å². The number of ketones is 1. The molecule has 3 atom stereocenters. The highest BCUT2D eigenvalue weighted by Crippen LogP contribution is 2.57. The molecule has 3 aromatic rings. The van der Waals surface area contributed by atoms with Gasteiger partial charge >= 0.3 is 5.97 Å². The molecular weight excluding hydrogens is 486 g/mol. The summed E-state index contributed by atoms with van der Waals surface area (Å²) in [4.78, 5) is 31.0. The summed E-state index contributed by atoms with van der Waals surface area (Å²) in [7, 11) is 4.17. The van der Waals surface area contributed by atoms with Crippen molar-refractivity contribution < 1.29 is 33.6 Å². The summed E-state index contributed by atoms with van der Waals surface area (Å²) in [6, 6.07) is 12.3. The van der Waals surface area contributed by atoms with E-state index in [1.807, 2.05) is 30.3 Å². The van der Waals surface area contributed by atoms with Crippen LogP contribution in [0.4, 0.5) is 0 Å². The van der Waals surface area contributed by atoms with Crippen LogP contribution in [0.2, 0.25) is 5.02 Å². The zero-order valence-electron chi connectivity index (χ0n) is 20.1. The Kier molecular flexibility index (Phi) is 5.89. The maximum absolute atomic E-state index is 14.0. The second kappa shape index (κ2) is 8.80. The van der Waals surface area contributed by atoms with Gasteiger partial charge in [0.25, 0.3) is 0 Å². The number of methoxy groups -OCH3 is 3. The third-order valence-electron chi connectivity index (χ3n) is 6.97. The largest absolute Gasteiger partial charge is 0.496 e. The highest BCUT2D eigenvalue weighted by Gasteiger charge is 2.62. The van der Waals surface area contributed by atoms with Crippen LogP contribution in [-0.4, -0.2) is 48.8 Å². The molecule has 0 bridgehead atoms. The third-order valence-corrected chi connectivity index (χ3v) is 7.33. The number of benzene rings is 2. The summed E-state index contributed by atoms with van der Waals surface area (Å²) in [6.45, 7) is 1.79. The molecule has 0 radical (unpaired) electrons. The number of carbonyl (C=O) groups is 2. The van der Waals surface area contributed by atoms with E-state index in [9.17, 15) is 14.7 Å². The number of halogens is 1. The van der Waals surface area contributed by atoms with Gasteiger partial charge in [0.05, 0.1) is 21.3 Å². The minimum Gasteiger partial charge on any atom is -0.496 e. The molecule has 1 N–H and O–H groups in total. The summed E-state index contributed by atoms with van der Waals surface area (Å²) in [5.74, 6) is -0.948. The van der Waals surface area contributed by atoms with Crippen LogP contribution >= 0.6 is 11.6 Å². The lowest BCUT2D eigenvalue weighted by Gasteiger charge is -2.42. The number of carbonyl (C=O) groups excluding carboxylic acids is 2. The van der Waals surface area contributed by atoms with E-state index >= 15 is 0 Å². The maximum Gasteiger partial charge on any atom is 0.356 e. The lowest BCUT2D eigenvalue weighted by Crippen LogP contribution is -2.55. The zero-order valence-corrected chi connectivity index (χ0v) is 20.9. The number of aromatic nitrogens is 1. The molecule has 0 saturated heterocycles. The van der Waals surface area contributed by atoms with E-state index in [1.165, 1.54) is 27.4 Å². The molecule has 1 aliphatic carbocycles. The van der Waals surface area contributed by atoms with Crippen molar-refractivity contribution in [3.8, 4) is 28.4 Å². The Bertz CT molecular complexity index is 1390. The van der Waals surface area contributed by atoms with Gasteiger partial charge in [-0.3, -0.25) is 4.79 Å². The molecule has 2 aliphatic rings. The quantitative estimate of drug-likeness (QED) is 0.514. The van der Waals surface area contributed by atoms with Crippen LogP contribution in [0.25, 0.3) is 11.1 Å². The SMILES string of the molecule is COC(=O)c1cc(-c2ccccc2)c2c(n1)CC(C)C1(Oc3c(Cl)c(OC)cc(OC)c3C1=O)C2O. The summed E-state index contributed by atoms with van der Waals surface area (Å²) < 4.78 is 22.0. The lowest BCUT2D eigenvalue weighted by atomic mass is 9.68. The van der Waals surface area contributed by atoms with Gasteiger partial charge in [0.2, 0.25) is 11.4 Å². The van der Waals surface area contributed by atoms with Crippen molar-refractivity contribution in [2.75, 3.05) is 21.3 Å². The van der Waals surface area contributed by atoms with Crippen molar-refractivity contribution in [2.24, 2.45) is 5.92 Å². The first-order valence-corrected chi connectivity index (χ1v) is 11.7. The van der Waals surface area contributed by atoms with Gasteiger partial charge < -0.3 is 24.1 Å². The Balaban J connectivity index is 1.74. The molecule has 2 aromatic carbocycles. The lowest BCUT2D eigenvalue weighted by molar-refractivity contribution is -0.0639. The standard InChI is InChI=1S/C27H24ClNO7/c1-13-10-16-20(15(14-8-6-5-7-9-14)11-17(29-16)26(32)35-4)24(30)27(13)25(31)21-18(33-2)12-19(34-3)22(28)23(21)36-27/h5-9,11-13,24,30H,10H2,1-4H3. The van der Waals surface area contributed by atoms with Crippen LogP contribution < -0.4 is 14.2 Å². The van der Waals surface area contributed by atoms with Crippen LogP contribution in [0.15, 0.2) is 42.5 Å². The van der Waals surface area contributed by atoms with Gasteiger partial charge in [-0.05, 0) is 23.6 Å². The summed E-state index contributed by atoms with van der Waals surface area (Å²) in [5, 5.41) is 12.0. The summed E-state index contributed by atoms with van der Waals surface area (Å²) >= 11 is 6.54. The minimum absolute atomic E-state index is 0.104. The highest BCUT2D eigenvalue weighted by atomic mass is 35.5. The van der Waals surface area contributed by atoms with Crippen molar-refractivity contribution in [1.29, 1.82) is 0 Å². The first-order chi connectivity index (χ1) is 17.3. The normalized spacial score (nSPS) is 22.0. The molecule has 36 heavy (non-hydrogen) atoms. The molecule has 186 valence electrons. The fraction of sp³-hybridized carbons (Fsp3) is 0.296. The van der Waals surface area contributed by atoms with Gasteiger partial charge in [0, 0.05) is 23.2 Å². The van der Waals surface area contributed by atoms with Gasteiger partial charge in [-0.1, -0.05) is 48.9 Å². The van der Waals surface area contributed by atoms with Gasteiger partial charge in [-0.15, -0.1) is 0 Å². The Labute approximate surface area is 212 Å². The molecule has 0 saturated carbocycles. The number of esters is 1. The van der Waals surface area contributed by atoms with Gasteiger partial charge in [0.1, 0.15) is 33.9 Å². The number of nitrogens with zero attached hydrogens (tertiary/aromatic N) is 1. The molecule has 1 spiro atoms. The van der Waals surface area contributed by atoms with Crippen LogP contribution in [-0.2, 0) is 11.2 Å². The summed E-state index contributed by atoms with van der Waals surface area (Å²) in [5.41, 5.74) is 0.782. The second-order valence-electron chi connectivity index (χ2n) is 8.80. The van der Waals surface area contributed by atoms with Crippen LogP contribution in [0.5, 0.6) is 17.2 Å². The third kappa shape index (κ3) is 3.28. The van der Waals surface area contributed by atoms with E-state index < -0.39 is 29.4 Å². The summed E-state index contributed by atoms with van der Waals surface area (Å²) in [6.07, 6.45) is -1.16. The number of ether oxygens (including phenoxy) is 4. The smallest absolute Gasteiger partial charge is 0.356 e. The Hall–Kier alpha value is -3.62. The number of aliphatic hydroxyl groups excluding tert-OH is 1. The fourth-order valence-electron chi connectivity index (χ4n) is 5.18. The molecule has 0 amide bonds. The highest BCUT2D eigenvalue weighted by molar-refractivity contribution is 6.35. The van der Waals surface area contributed by atoms with Gasteiger partial charge in [0.15, 0.2) is 5.75 Å². The van der Waals surface area contributed by atoms with Crippen molar-refractivity contribution in [3.05, 3.63) is 70.0 Å². The molecule has 1 aromatic heterocycles. The predicted molar refractivity (Wildman–Crippen MR) is 131 cm³/mol. The Morgan fingerprint density at radius 1 is 1.14 bits per heavy atom. The number of aliphatic hydroxyl groups is 1. The first-order valence-electron chi connectivity index (χ1n) is 11.3. The van der Waals surface area contributed by atoms with Crippen molar-refractivity contribution in [1.82, 2.24) is 4.98 Å². The molecule has 1 aliphatic heterocycles. The molecule has 0 fully saturated rings. The maximum atomic E-state index is 14.0. The van der Waals surface area contributed by atoms with E-state index in [4.69, 9.17) is 30.5 Å². The molecule has 8 nitrogen and oxygen atoms in total. The molecule has 3 unspecified atom stereocenters. The molecular formula is C27H24ClNO7. The Morgan fingerprint density at radius 2 is 1.83 bits per heavy atom. The molecule has 2 heterocycles. The predicted octanol–water partition coefficient (Wildman–Crippen LogP) is 4.45. The van der Waals surface area contributed by atoms with E-state index in [0.29, 0.717) is 16.8 Å². The van der Waals surface area contributed by atoms with Crippen LogP contribution in [0.3, 0.4) is 0 Å². The number of hydrogen-bond donors (Lipinski definition) is 1. The number of rotatable bonds is 4. The second-order valence-corrected chi connectivity index (χ2v) is 9.18. The number of Topliss-reactive ketones (excluding diaryl/α,β-unsaturated/α-hetero) is 1. The minimum atomic E-state index is -1.68. The zero-order chi connectivity index (χ0) is 25.8. The first kappa shape index (κ1) is 24.1. The molecule has 5 rings (SSSR count). The van der Waals surface area contributed by atoms with Crippen molar-refractivity contribution in [2.45, 2.75) is 25.0 Å². The van der Waals surface area contributed by atoms with Crippen molar-refractivity contribution >= 4 is 23.4 Å². The number of pyridine rings is 1. The van der Waals surface area contributed by atoms with Gasteiger partial charge in [-0.25, -0.2) is 9.78 Å². The average Bonchev–Trinajstić information content (AvgIpc) is 3.21. The van der Waals surface area contributed by atoms with E-state index in [1.54, 1.807) is 13.0 Å². The molecule has 9 heteroatoms. The van der Waals surface area contributed by atoms with Crippen molar-refractivity contribution in [3.63, 3.8) is 0 Å². The number of hydrogen-bond acceptors (Lipinski definition) is 8. The van der Waals surface area contributed by atoms with E-state index in [-0.39, 0.29) is 39.9 Å². The van der Waals surface area contributed by atoms with Gasteiger partial charge in [-0.2, -0.15) is 0 Å². The monoisotopic (exact) mass is 509 g/mol. The fourth-order valence-corrected chi connectivity index (χ4v) is 5.45. The van der Waals surface area contributed by atoms with E-state index in [0.717, 1.165) is 5.56 Å². The van der Waals surface area contributed by atoms with E-state index in [2.05, 4.69) is 4.98 Å². The Morgan fingerprint density at radius 3 is 2.47 bits per heavy atom. The van der Waals surface area contributed by atoms with Crippen LogP contribution in [0.1, 0.15) is 45.1 Å². The van der Waals surface area contributed by atoms with Crippen LogP contribution in [0, 0.1) is 5.92 Å². The number of fused-ring (bicyclic) bond motifs is 2. The average molecular weight is 510 g/mol.